The van der Waals surface area contributed by atoms with Crippen molar-refractivity contribution < 1.29 is 13.5 Å². The number of benzene rings is 1. The maximum Gasteiger partial charge on any atom is 0.193 e. The molecule has 0 amide bonds. The first-order valence-electron chi connectivity index (χ1n) is 8.91. The molecule has 1 unspecified atom stereocenters. The van der Waals surface area contributed by atoms with Crippen molar-refractivity contribution in [3.63, 3.8) is 0 Å². The Morgan fingerprint density at radius 2 is 2.03 bits per heavy atom. The summed E-state index contributed by atoms with van der Waals surface area (Å²) in [6.07, 6.45) is 4.95. The van der Waals surface area contributed by atoms with Crippen molar-refractivity contribution in [2.75, 3.05) is 13.2 Å². The molecule has 0 saturated carbocycles. The first-order valence-corrected chi connectivity index (χ1v) is 8.91. The lowest BCUT2D eigenvalue weighted by atomic mass is 9.96. The van der Waals surface area contributed by atoms with Gasteiger partial charge in [0, 0.05) is 34.8 Å². The van der Waals surface area contributed by atoms with E-state index in [0.29, 0.717) is 17.7 Å². The Balaban J connectivity index is 2.16. The quantitative estimate of drug-likeness (QED) is 0.0696. The molecule has 30 heavy (non-hydrogen) atoms. The summed E-state index contributed by atoms with van der Waals surface area (Å²) in [6.45, 7) is -0.0681. The number of allylic oxidation sites excluding steroid dienone is 2. The third-order valence-corrected chi connectivity index (χ3v) is 4.23. The van der Waals surface area contributed by atoms with Crippen LogP contribution in [0.1, 0.15) is 18.4 Å². The lowest BCUT2D eigenvalue weighted by molar-refractivity contribution is 0.323. The Hall–Kier alpha value is -3.70. The number of nitrogens with one attached hydrogen (secondary N) is 1. The van der Waals surface area contributed by atoms with E-state index in [9.17, 15) is 8.78 Å². The Bertz CT molecular complexity index is 898. The minimum atomic E-state index is -0.817. The molecule has 0 aromatic heterocycles. The second-order valence-corrected chi connectivity index (χ2v) is 6.08. The molecule has 0 aliphatic heterocycles. The number of amidine groups is 1. The summed E-state index contributed by atoms with van der Waals surface area (Å²) in [4.78, 5) is 2.57. The van der Waals surface area contributed by atoms with Gasteiger partial charge in [0.15, 0.2) is 5.84 Å². The van der Waals surface area contributed by atoms with Crippen molar-refractivity contribution in [2.24, 2.45) is 38.0 Å². The lowest BCUT2D eigenvalue weighted by Crippen LogP contribution is -2.35. The predicted molar refractivity (Wildman–Crippen MR) is 107 cm³/mol. The number of hydrogen-bond donors (Lipinski definition) is 4. The maximum absolute atomic E-state index is 14.4. The number of azide groups is 1. The fourth-order valence-corrected chi connectivity index (χ4v) is 2.81. The normalized spacial score (nSPS) is 15.2. The van der Waals surface area contributed by atoms with Crippen LogP contribution >= 0.6 is 0 Å². The second-order valence-electron chi connectivity index (χ2n) is 6.08. The van der Waals surface area contributed by atoms with Crippen molar-refractivity contribution in [3.8, 4) is 5.75 Å². The molecule has 0 radical (unpaired) electrons. The first-order chi connectivity index (χ1) is 14.5. The molecule has 1 aliphatic carbocycles. The summed E-state index contributed by atoms with van der Waals surface area (Å²) in [6, 6.07) is 1.32. The van der Waals surface area contributed by atoms with Crippen molar-refractivity contribution in [2.45, 2.75) is 25.4 Å². The van der Waals surface area contributed by atoms with Crippen molar-refractivity contribution in [3.05, 3.63) is 63.2 Å². The van der Waals surface area contributed by atoms with E-state index < -0.39 is 17.7 Å². The summed E-state index contributed by atoms with van der Waals surface area (Å²) in [5, 5.41) is 16.5. The van der Waals surface area contributed by atoms with Gasteiger partial charge < -0.3 is 27.5 Å². The molecule has 0 heterocycles. The van der Waals surface area contributed by atoms with E-state index >= 15 is 0 Å². The average molecular weight is 420 g/mol. The van der Waals surface area contributed by atoms with E-state index in [-0.39, 0.29) is 36.8 Å². The van der Waals surface area contributed by atoms with E-state index in [1.165, 1.54) is 0 Å². The standard InChI is InChI=1S/C17H22F2N10O/c18-13-7-10(30-6-5-25-28-22)8-14(19)12(13)9-24-15-4-2-1-3-11(15)16(20)17(26-21)27-29-23/h1,3,7-8,16,24H,2,4-6,9,20-21H2,(H2,23,26,27). The third kappa shape index (κ3) is 5.90. The van der Waals surface area contributed by atoms with Gasteiger partial charge in [0.1, 0.15) is 17.4 Å². The molecule has 1 atom stereocenters. The largest absolute Gasteiger partial charge is 0.493 e. The smallest absolute Gasteiger partial charge is 0.193 e. The van der Waals surface area contributed by atoms with Crippen LogP contribution in [0.15, 0.2) is 56.1 Å². The first kappa shape index (κ1) is 22.6. The molecule has 13 heteroatoms. The summed E-state index contributed by atoms with van der Waals surface area (Å²) in [7, 11) is 0. The van der Waals surface area contributed by atoms with Crippen LogP contribution in [0.2, 0.25) is 0 Å². The topological polar surface area (TPSA) is 185 Å². The maximum atomic E-state index is 14.4. The number of hydrogen-bond acceptors (Lipinski definition) is 7. The highest BCUT2D eigenvalue weighted by molar-refractivity contribution is 5.91. The Morgan fingerprint density at radius 1 is 1.30 bits per heavy atom. The van der Waals surface area contributed by atoms with Gasteiger partial charge in [-0.3, -0.25) is 0 Å². The van der Waals surface area contributed by atoms with E-state index in [4.69, 9.17) is 27.7 Å². The van der Waals surface area contributed by atoms with Crippen LogP contribution < -0.4 is 27.5 Å². The molecular formula is C17H22F2N10O. The molecule has 0 fully saturated rings. The predicted octanol–water partition coefficient (Wildman–Crippen LogP) is 2.27. The van der Waals surface area contributed by atoms with Gasteiger partial charge in [-0.25, -0.2) is 8.78 Å². The highest BCUT2D eigenvalue weighted by atomic mass is 19.1. The summed E-state index contributed by atoms with van der Waals surface area (Å²) in [5.74, 6) is 8.77. The minimum Gasteiger partial charge on any atom is -0.493 e. The van der Waals surface area contributed by atoms with E-state index in [1.807, 2.05) is 6.08 Å². The van der Waals surface area contributed by atoms with Crippen LogP contribution in [0.5, 0.6) is 5.75 Å². The van der Waals surface area contributed by atoms with Gasteiger partial charge >= 0.3 is 0 Å². The second kappa shape index (κ2) is 11.3. The lowest BCUT2D eigenvalue weighted by Gasteiger charge is -2.22. The van der Waals surface area contributed by atoms with Gasteiger partial charge in [0.2, 0.25) is 0 Å². The molecule has 7 N–H and O–H groups in total. The van der Waals surface area contributed by atoms with Gasteiger partial charge in [-0.05, 0) is 23.9 Å². The third-order valence-electron chi connectivity index (χ3n) is 4.23. The molecule has 1 aromatic rings. The molecule has 1 aromatic carbocycles. The number of hydrazone groups is 1. The average Bonchev–Trinajstić information content (AvgIpc) is 2.74. The van der Waals surface area contributed by atoms with Gasteiger partial charge in [0.25, 0.3) is 0 Å². The zero-order valence-electron chi connectivity index (χ0n) is 16.0. The van der Waals surface area contributed by atoms with Gasteiger partial charge in [-0.1, -0.05) is 22.5 Å². The molecule has 1 aliphatic rings. The number of rotatable bonds is 9. The highest BCUT2D eigenvalue weighted by Crippen LogP contribution is 2.24. The van der Waals surface area contributed by atoms with Gasteiger partial charge in [-0.2, -0.15) is 5.10 Å². The van der Waals surface area contributed by atoms with E-state index in [1.54, 1.807) is 6.08 Å². The van der Waals surface area contributed by atoms with Crippen LogP contribution in [0.3, 0.4) is 0 Å². The van der Waals surface area contributed by atoms with Crippen LogP contribution in [-0.4, -0.2) is 25.0 Å². The number of halogens is 2. The Morgan fingerprint density at radius 3 is 2.67 bits per heavy atom. The molecule has 2 rings (SSSR count). The zero-order chi connectivity index (χ0) is 21.9. The van der Waals surface area contributed by atoms with Crippen molar-refractivity contribution in [1.29, 1.82) is 0 Å². The molecule has 11 nitrogen and oxygen atoms in total. The summed E-state index contributed by atoms with van der Waals surface area (Å²) < 4.78 is 34.0. The number of nitrogens with zero attached hydrogens (tertiary/aromatic N) is 6. The number of ether oxygens (including phenoxy) is 1. The van der Waals surface area contributed by atoms with Crippen LogP contribution in [0.25, 0.3) is 10.4 Å². The monoisotopic (exact) mass is 420 g/mol. The van der Waals surface area contributed by atoms with Crippen LogP contribution in [0.4, 0.5) is 8.78 Å². The molecule has 0 spiro atoms. The summed E-state index contributed by atoms with van der Waals surface area (Å²) in [5.41, 5.74) is 15.5. The molecular weight excluding hydrogens is 398 g/mol. The summed E-state index contributed by atoms with van der Waals surface area (Å²) >= 11 is 0. The SMILES string of the molecule is [N-]=[N+]=NCCOc1cc(F)c(CNC2=C(C(N)C(N=NN)=NN)C=CCC2)c(F)c1. The van der Waals surface area contributed by atoms with Gasteiger partial charge in [0.05, 0.1) is 19.2 Å². The molecule has 160 valence electrons. The Kier molecular flexibility index (Phi) is 8.54. The van der Waals surface area contributed by atoms with Crippen molar-refractivity contribution >= 4 is 5.84 Å². The van der Waals surface area contributed by atoms with Crippen molar-refractivity contribution in [1.82, 2.24) is 5.32 Å². The fourth-order valence-electron chi connectivity index (χ4n) is 2.81. The van der Waals surface area contributed by atoms with E-state index in [2.05, 4.69) is 30.8 Å². The number of nitrogens with two attached hydrogens (primary N) is 3. The highest BCUT2D eigenvalue weighted by Gasteiger charge is 2.21. The fraction of sp³-hybridized carbons (Fsp3) is 0.353. The Labute approximate surface area is 170 Å². The molecule has 0 bridgehead atoms. The van der Waals surface area contributed by atoms with Gasteiger partial charge in [-0.15, -0.1) is 5.11 Å². The van der Waals surface area contributed by atoms with Crippen LogP contribution in [0, 0.1) is 11.6 Å². The molecule has 0 saturated heterocycles. The minimum absolute atomic E-state index is 0.000335. The zero-order valence-corrected chi connectivity index (χ0v) is 16.0. The van der Waals surface area contributed by atoms with Crippen LogP contribution in [-0.2, 0) is 6.54 Å². The van der Waals surface area contributed by atoms with E-state index in [0.717, 1.165) is 18.6 Å².